The van der Waals surface area contributed by atoms with Gasteiger partial charge in [0.1, 0.15) is 0 Å². The van der Waals surface area contributed by atoms with Gasteiger partial charge in [-0.3, -0.25) is 0 Å². The van der Waals surface area contributed by atoms with Gasteiger partial charge in [0.25, 0.3) is 0 Å². The van der Waals surface area contributed by atoms with Crippen molar-refractivity contribution >= 4 is 0 Å². The fourth-order valence-corrected chi connectivity index (χ4v) is 1.28. The fourth-order valence-electron chi connectivity index (χ4n) is 1.28. The molecule has 0 aromatic carbocycles. The van der Waals surface area contributed by atoms with Gasteiger partial charge in [-0.1, -0.05) is 20.3 Å². The largest absolute Gasteiger partial charge is 0.384 e. The maximum atomic E-state index is 5.06. The van der Waals surface area contributed by atoms with E-state index in [0.29, 0.717) is 12.0 Å². The van der Waals surface area contributed by atoms with Crippen LogP contribution in [0.25, 0.3) is 0 Å². The standard InChI is InChI=1S/C10H23NO/c1-5-6-10(3)11-7-9(2)8-12-4/h9-11H,5-8H2,1-4H3. The highest BCUT2D eigenvalue weighted by molar-refractivity contribution is 4.62. The molecule has 0 fully saturated rings. The van der Waals surface area contributed by atoms with Gasteiger partial charge >= 0.3 is 0 Å². The van der Waals surface area contributed by atoms with Gasteiger partial charge in [-0.15, -0.1) is 0 Å². The Morgan fingerprint density at radius 3 is 2.50 bits per heavy atom. The third-order valence-electron chi connectivity index (χ3n) is 1.99. The van der Waals surface area contributed by atoms with E-state index in [9.17, 15) is 0 Å². The molecule has 0 aliphatic heterocycles. The van der Waals surface area contributed by atoms with Gasteiger partial charge in [-0.25, -0.2) is 0 Å². The van der Waals surface area contributed by atoms with Crippen molar-refractivity contribution in [3.05, 3.63) is 0 Å². The van der Waals surface area contributed by atoms with Crippen molar-refractivity contribution in [2.45, 2.75) is 39.7 Å². The van der Waals surface area contributed by atoms with Gasteiger partial charge in [-0.05, 0) is 19.3 Å². The van der Waals surface area contributed by atoms with E-state index < -0.39 is 0 Å². The van der Waals surface area contributed by atoms with Crippen LogP contribution in [0.15, 0.2) is 0 Å². The monoisotopic (exact) mass is 173 g/mol. The summed E-state index contributed by atoms with van der Waals surface area (Å²) in [7, 11) is 1.76. The van der Waals surface area contributed by atoms with E-state index in [2.05, 4.69) is 26.1 Å². The van der Waals surface area contributed by atoms with Crippen molar-refractivity contribution in [1.82, 2.24) is 5.32 Å². The molecule has 2 unspecified atom stereocenters. The lowest BCUT2D eigenvalue weighted by Gasteiger charge is -2.16. The highest BCUT2D eigenvalue weighted by Gasteiger charge is 2.03. The Morgan fingerprint density at radius 2 is 2.00 bits per heavy atom. The third-order valence-corrected chi connectivity index (χ3v) is 1.99. The first-order valence-corrected chi connectivity index (χ1v) is 4.93. The molecule has 0 heterocycles. The third kappa shape index (κ3) is 6.62. The smallest absolute Gasteiger partial charge is 0.0499 e. The number of nitrogens with one attached hydrogen (secondary N) is 1. The van der Waals surface area contributed by atoms with Crippen LogP contribution in [-0.4, -0.2) is 26.3 Å². The second kappa shape index (κ2) is 7.56. The topological polar surface area (TPSA) is 21.3 Å². The summed E-state index contributed by atoms with van der Waals surface area (Å²) in [6.45, 7) is 8.58. The molecule has 2 atom stereocenters. The predicted octanol–water partition coefficient (Wildman–Crippen LogP) is 2.05. The number of rotatable bonds is 7. The minimum absolute atomic E-state index is 0.620. The first-order chi connectivity index (χ1) is 5.70. The molecule has 2 nitrogen and oxygen atoms in total. The summed E-state index contributed by atoms with van der Waals surface area (Å²) in [6, 6.07) is 0.648. The van der Waals surface area contributed by atoms with Crippen LogP contribution in [0, 0.1) is 5.92 Å². The van der Waals surface area contributed by atoms with Crippen LogP contribution in [0.5, 0.6) is 0 Å². The molecule has 74 valence electrons. The molecule has 1 N–H and O–H groups in total. The molecule has 0 spiro atoms. The number of hydrogen-bond donors (Lipinski definition) is 1. The summed E-state index contributed by atoms with van der Waals surface area (Å²) in [5, 5.41) is 3.49. The van der Waals surface area contributed by atoms with E-state index >= 15 is 0 Å². The molecule has 0 bridgehead atoms. The Morgan fingerprint density at radius 1 is 1.33 bits per heavy atom. The van der Waals surface area contributed by atoms with Crippen molar-refractivity contribution in [1.29, 1.82) is 0 Å². The van der Waals surface area contributed by atoms with E-state index in [1.807, 2.05) is 0 Å². The second-order valence-corrected chi connectivity index (χ2v) is 3.66. The summed E-state index contributed by atoms with van der Waals surface area (Å²) in [5.74, 6) is 0.620. The molecule has 0 amide bonds. The van der Waals surface area contributed by atoms with E-state index in [1.54, 1.807) is 7.11 Å². The normalized spacial score (nSPS) is 16.0. The SMILES string of the molecule is CCCC(C)NCC(C)COC. The summed E-state index contributed by atoms with van der Waals surface area (Å²) in [4.78, 5) is 0. The average Bonchev–Trinajstić information content (AvgIpc) is 2.02. The van der Waals surface area contributed by atoms with Gasteiger partial charge in [0.2, 0.25) is 0 Å². The summed E-state index contributed by atoms with van der Waals surface area (Å²) in [5.41, 5.74) is 0. The average molecular weight is 173 g/mol. The minimum atomic E-state index is 0.620. The molecule has 0 aromatic heterocycles. The van der Waals surface area contributed by atoms with Gasteiger partial charge < -0.3 is 10.1 Å². The lowest BCUT2D eigenvalue weighted by molar-refractivity contribution is 0.157. The Labute approximate surface area is 76.7 Å². The van der Waals surface area contributed by atoms with Gasteiger partial charge in [-0.2, -0.15) is 0 Å². The van der Waals surface area contributed by atoms with Crippen molar-refractivity contribution in [2.24, 2.45) is 5.92 Å². The Hall–Kier alpha value is -0.0800. The molecule has 0 saturated heterocycles. The van der Waals surface area contributed by atoms with Crippen molar-refractivity contribution in [2.75, 3.05) is 20.3 Å². The van der Waals surface area contributed by atoms with E-state index in [4.69, 9.17) is 4.74 Å². The summed E-state index contributed by atoms with van der Waals surface area (Å²) in [6.07, 6.45) is 2.52. The van der Waals surface area contributed by atoms with Crippen molar-refractivity contribution < 1.29 is 4.74 Å². The zero-order valence-electron chi connectivity index (χ0n) is 8.89. The highest BCUT2D eigenvalue weighted by atomic mass is 16.5. The molecule has 2 heteroatoms. The molecule has 0 rings (SSSR count). The van der Waals surface area contributed by atoms with Gasteiger partial charge in [0.05, 0.1) is 0 Å². The molecule has 0 aliphatic carbocycles. The Balaban J connectivity index is 3.27. The Bertz CT molecular complexity index is 83.8. The molecule has 0 radical (unpaired) electrons. The van der Waals surface area contributed by atoms with Crippen molar-refractivity contribution in [3.8, 4) is 0 Å². The van der Waals surface area contributed by atoms with E-state index in [0.717, 1.165) is 13.2 Å². The predicted molar refractivity (Wildman–Crippen MR) is 53.4 cm³/mol. The molecular weight excluding hydrogens is 150 g/mol. The quantitative estimate of drug-likeness (QED) is 0.636. The van der Waals surface area contributed by atoms with Crippen molar-refractivity contribution in [3.63, 3.8) is 0 Å². The number of methoxy groups -OCH3 is 1. The van der Waals surface area contributed by atoms with Crippen LogP contribution in [0.4, 0.5) is 0 Å². The zero-order chi connectivity index (χ0) is 9.40. The first kappa shape index (κ1) is 11.9. The van der Waals surface area contributed by atoms with Crippen LogP contribution in [-0.2, 0) is 4.74 Å². The highest BCUT2D eigenvalue weighted by Crippen LogP contribution is 1.97. The molecule has 12 heavy (non-hydrogen) atoms. The first-order valence-electron chi connectivity index (χ1n) is 4.93. The maximum absolute atomic E-state index is 5.06. The number of ether oxygens (including phenoxy) is 1. The van der Waals surface area contributed by atoms with Crippen LogP contribution in [0.3, 0.4) is 0 Å². The van der Waals surface area contributed by atoms with Gasteiger partial charge in [0.15, 0.2) is 0 Å². The lowest BCUT2D eigenvalue weighted by Crippen LogP contribution is -2.31. The second-order valence-electron chi connectivity index (χ2n) is 3.66. The molecule has 0 aliphatic rings. The van der Waals surface area contributed by atoms with E-state index in [1.165, 1.54) is 12.8 Å². The summed E-state index contributed by atoms with van der Waals surface area (Å²) >= 11 is 0. The maximum Gasteiger partial charge on any atom is 0.0499 e. The van der Waals surface area contributed by atoms with E-state index in [-0.39, 0.29) is 0 Å². The molecule has 0 saturated carbocycles. The molecular formula is C10H23NO. The summed E-state index contributed by atoms with van der Waals surface area (Å²) < 4.78 is 5.06. The van der Waals surface area contributed by atoms with Crippen LogP contribution in [0.2, 0.25) is 0 Å². The van der Waals surface area contributed by atoms with Gasteiger partial charge in [0, 0.05) is 26.3 Å². The zero-order valence-corrected chi connectivity index (χ0v) is 8.89. The van der Waals surface area contributed by atoms with Crippen LogP contribution >= 0.6 is 0 Å². The Kier molecular flexibility index (Phi) is 7.51. The van der Waals surface area contributed by atoms with Crippen LogP contribution in [0.1, 0.15) is 33.6 Å². The fraction of sp³-hybridized carbons (Fsp3) is 1.00. The molecule has 0 aromatic rings. The number of hydrogen-bond acceptors (Lipinski definition) is 2. The lowest BCUT2D eigenvalue weighted by atomic mass is 10.1. The minimum Gasteiger partial charge on any atom is -0.384 e. The van der Waals surface area contributed by atoms with Crippen LogP contribution < -0.4 is 5.32 Å².